The van der Waals surface area contributed by atoms with Gasteiger partial charge in [0.2, 0.25) is 0 Å². The Kier molecular flexibility index (Phi) is 4.84. The number of azo groups is 1. The molecule has 0 spiro atoms. The molecule has 0 fully saturated rings. The van der Waals surface area contributed by atoms with Crippen LogP contribution < -0.4 is 5.73 Å². The number of aromatic hydroxyl groups is 1. The standard InChI is InChI=1S/C15H17N3O3/c16-8-7-10-1-6-14(19)13(9-10)18-17-12-4-2-11(3-5-12)15(20)21/h1-2,4,6,9,19H,3,5,7-8,16H2,(H,20,21). The lowest BCUT2D eigenvalue weighted by atomic mass is 10.0. The van der Waals surface area contributed by atoms with E-state index in [-0.39, 0.29) is 5.75 Å². The Hall–Kier alpha value is -2.47. The van der Waals surface area contributed by atoms with Gasteiger partial charge in [0, 0.05) is 5.57 Å². The van der Waals surface area contributed by atoms with Gasteiger partial charge in [0.15, 0.2) is 0 Å². The van der Waals surface area contributed by atoms with Crippen molar-refractivity contribution < 1.29 is 15.0 Å². The molecule has 2 rings (SSSR count). The zero-order valence-corrected chi connectivity index (χ0v) is 11.5. The van der Waals surface area contributed by atoms with E-state index in [0.717, 1.165) is 5.56 Å². The molecular formula is C15H17N3O3. The van der Waals surface area contributed by atoms with E-state index in [2.05, 4.69) is 10.2 Å². The van der Waals surface area contributed by atoms with Crippen LogP contribution in [0.4, 0.5) is 5.69 Å². The van der Waals surface area contributed by atoms with Crippen LogP contribution in [0.2, 0.25) is 0 Å². The number of rotatable bonds is 5. The van der Waals surface area contributed by atoms with Gasteiger partial charge in [0.05, 0.1) is 5.70 Å². The highest BCUT2D eigenvalue weighted by atomic mass is 16.4. The van der Waals surface area contributed by atoms with Crippen molar-refractivity contribution in [1.82, 2.24) is 0 Å². The topological polar surface area (TPSA) is 108 Å². The van der Waals surface area contributed by atoms with Gasteiger partial charge in [-0.25, -0.2) is 4.79 Å². The third-order valence-electron chi connectivity index (χ3n) is 3.16. The highest BCUT2D eigenvalue weighted by molar-refractivity contribution is 5.87. The van der Waals surface area contributed by atoms with Gasteiger partial charge in [0.1, 0.15) is 11.4 Å². The number of phenolic OH excluding ortho intramolecular Hbond substituents is 1. The van der Waals surface area contributed by atoms with Crippen LogP contribution in [0.25, 0.3) is 0 Å². The minimum absolute atomic E-state index is 0.0534. The Bertz CT molecular complexity index is 633. The third-order valence-corrected chi connectivity index (χ3v) is 3.16. The maximum atomic E-state index is 10.8. The molecule has 0 aromatic heterocycles. The minimum Gasteiger partial charge on any atom is -0.506 e. The van der Waals surface area contributed by atoms with E-state index in [1.54, 1.807) is 24.3 Å². The number of carbonyl (C=O) groups is 1. The maximum Gasteiger partial charge on any atom is 0.331 e. The second kappa shape index (κ2) is 6.81. The van der Waals surface area contributed by atoms with Crippen molar-refractivity contribution in [3.05, 3.63) is 47.2 Å². The minimum atomic E-state index is -0.908. The van der Waals surface area contributed by atoms with Gasteiger partial charge in [-0.2, -0.15) is 5.11 Å². The molecule has 0 amide bonds. The predicted molar refractivity (Wildman–Crippen MR) is 78.4 cm³/mol. The molecule has 4 N–H and O–H groups in total. The number of phenols is 1. The number of allylic oxidation sites excluding steroid dienone is 3. The highest BCUT2D eigenvalue weighted by Crippen LogP contribution is 2.29. The monoisotopic (exact) mass is 287 g/mol. The lowest BCUT2D eigenvalue weighted by Gasteiger charge is -2.07. The van der Waals surface area contributed by atoms with Crippen LogP contribution in [-0.4, -0.2) is 22.7 Å². The molecule has 0 atom stereocenters. The molecule has 1 aliphatic rings. The molecule has 1 aliphatic carbocycles. The molecule has 0 unspecified atom stereocenters. The first-order valence-electron chi connectivity index (χ1n) is 6.67. The summed E-state index contributed by atoms with van der Waals surface area (Å²) >= 11 is 0. The number of carboxylic acids is 1. The summed E-state index contributed by atoms with van der Waals surface area (Å²) in [5.74, 6) is -0.855. The SMILES string of the molecule is NCCc1ccc(O)c(N=NC2=CC=C(C(=O)O)CC2)c1. The summed E-state index contributed by atoms with van der Waals surface area (Å²) in [6.07, 6.45) is 4.82. The lowest BCUT2D eigenvalue weighted by Crippen LogP contribution is -2.03. The maximum absolute atomic E-state index is 10.8. The molecule has 110 valence electrons. The Morgan fingerprint density at radius 3 is 2.67 bits per heavy atom. The van der Waals surface area contributed by atoms with Gasteiger partial charge in [-0.15, -0.1) is 5.11 Å². The molecule has 0 heterocycles. The normalized spacial score (nSPS) is 14.9. The molecule has 21 heavy (non-hydrogen) atoms. The van der Waals surface area contributed by atoms with Crippen LogP contribution >= 0.6 is 0 Å². The molecule has 1 aromatic carbocycles. The van der Waals surface area contributed by atoms with Crippen molar-refractivity contribution >= 4 is 11.7 Å². The van der Waals surface area contributed by atoms with Crippen molar-refractivity contribution in [3.63, 3.8) is 0 Å². The van der Waals surface area contributed by atoms with Gasteiger partial charge in [-0.3, -0.25) is 0 Å². The quantitative estimate of drug-likeness (QED) is 0.723. The zero-order valence-electron chi connectivity index (χ0n) is 11.5. The largest absolute Gasteiger partial charge is 0.506 e. The van der Waals surface area contributed by atoms with Crippen LogP contribution in [-0.2, 0) is 11.2 Å². The molecule has 0 radical (unpaired) electrons. The molecule has 0 saturated heterocycles. The molecule has 1 aromatic rings. The number of benzene rings is 1. The van der Waals surface area contributed by atoms with Crippen LogP contribution in [0, 0.1) is 0 Å². The Labute approximate surface area is 122 Å². The van der Waals surface area contributed by atoms with E-state index in [9.17, 15) is 9.90 Å². The molecule has 0 aliphatic heterocycles. The fourth-order valence-corrected chi connectivity index (χ4v) is 1.98. The number of hydrogen-bond acceptors (Lipinski definition) is 5. The summed E-state index contributed by atoms with van der Waals surface area (Å²) in [6, 6.07) is 5.10. The number of hydrogen-bond donors (Lipinski definition) is 3. The fourth-order valence-electron chi connectivity index (χ4n) is 1.98. The average Bonchev–Trinajstić information content (AvgIpc) is 2.48. The summed E-state index contributed by atoms with van der Waals surface area (Å²) in [6.45, 7) is 0.523. The highest BCUT2D eigenvalue weighted by Gasteiger charge is 2.11. The second-order valence-electron chi connectivity index (χ2n) is 4.72. The number of nitrogens with zero attached hydrogens (tertiary/aromatic N) is 2. The fraction of sp³-hybridized carbons (Fsp3) is 0.267. The van der Waals surface area contributed by atoms with Gasteiger partial charge in [-0.1, -0.05) is 6.07 Å². The Balaban J connectivity index is 2.15. The molecular weight excluding hydrogens is 270 g/mol. The summed E-state index contributed by atoms with van der Waals surface area (Å²) in [4.78, 5) is 10.8. The molecule has 6 heteroatoms. The summed E-state index contributed by atoms with van der Waals surface area (Å²) in [5, 5.41) is 26.7. The van der Waals surface area contributed by atoms with Crippen molar-refractivity contribution in [2.24, 2.45) is 16.0 Å². The Morgan fingerprint density at radius 1 is 1.24 bits per heavy atom. The van der Waals surface area contributed by atoms with Crippen LogP contribution in [0.3, 0.4) is 0 Å². The first kappa shape index (κ1) is 14.9. The predicted octanol–water partition coefficient (Wildman–Crippen LogP) is 2.67. The van der Waals surface area contributed by atoms with E-state index in [1.165, 1.54) is 6.08 Å². The summed E-state index contributed by atoms with van der Waals surface area (Å²) in [5.41, 5.74) is 7.91. The Morgan fingerprint density at radius 2 is 2.05 bits per heavy atom. The summed E-state index contributed by atoms with van der Waals surface area (Å²) < 4.78 is 0. The van der Waals surface area contributed by atoms with Gasteiger partial charge in [-0.05, 0) is 55.7 Å². The van der Waals surface area contributed by atoms with Crippen molar-refractivity contribution in [1.29, 1.82) is 0 Å². The summed E-state index contributed by atoms with van der Waals surface area (Å²) in [7, 11) is 0. The van der Waals surface area contributed by atoms with E-state index >= 15 is 0 Å². The van der Waals surface area contributed by atoms with Crippen LogP contribution in [0.1, 0.15) is 18.4 Å². The zero-order chi connectivity index (χ0) is 15.2. The first-order valence-corrected chi connectivity index (χ1v) is 6.67. The molecule has 0 bridgehead atoms. The second-order valence-corrected chi connectivity index (χ2v) is 4.72. The van der Waals surface area contributed by atoms with Crippen LogP contribution in [0.5, 0.6) is 5.75 Å². The van der Waals surface area contributed by atoms with E-state index in [1.807, 2.05) is 0 Å². The molecule has 0 saturated carbocycles. The average molecular weight is 287 g/mol. The van der Waals surface area contributed by atoms with Crippen molar-refractivity contribution in [3.8, 4) is 5.75 Å². The van der Waals surface area contributed by atoms with Gasteiger partial charge in [0.25, 0.3) is 0 Å². The van der Waals surface area contributed by atoms with Gasteiger partial charge >= 0.3 is 5.97 Å². The lowest BCUT2D eigenvalue weighted by molar-refractivity contribution is -0.132. The van der Waals surface area contributed by atoms with Crippen molar-refractivity contribution in [2.75, 3.05) is 6.54 Å². The number of aliphatic carboxylic acids is 1. The first-order chi connectivity index (χ1) is 10.1. The van der Waals surface area contributed by atoms with E-state index in [4.69, 9.17) is 10.8 Å². The van der Waals surface area contributed by atoms with Crippen LogP contribution in [0.15, 0.2) is 51.8 Å². The number of nitrogens with two attached hydrogens (primary N) is 1. The van der Waals surface area contributed by atoms with Gasteiger partial charge < -0.3 is 15.9 Å². The van der Waals surface area contributed by atoms with E-state index in [0.29, 0.717) is 42.8 Å². The molecule has 6 nitrogen and oxygen atoms in total. The smallest absolute Gasteiger partial charge is 0.331 e. The van der Waals surface area contributed by atoms with E-state index < -0.39 is 5.97 Å². The third kappa shape index (κ3) is 4.00. The number of carboxylic acid groups (broad SMARTS) is 1. The van der Waals surface area contributed by atoms with Crippen molar-refractivity contribution in [2.45, 2.75) is 19.3 Å².